The number of anilines is 1. The fraction of sp³-hybridized carbons (Fsp3) is 0.520. The van der Waals surface area contributed by atoms with E-state index in [1.807, 2.05) is 19.2 Å². The second-order valence-electron chi connectivity index (χ2n) is 8.65. The van der Waals surface area contributed by atoms with Crippen LogP contribution in [-0.2, 0) is 0 Å². The van der Waals surface area contributed by atoms with E-state index in [0.29, 0.717) is 0 Å². The highest BCUT2D eigenvalue weighted by atomic mass is 15.1. The molecule has 4 nitrogen and oxygen atoms in total. The standard InChI is InChI=1S/C18H20N4.C7H14/c1-14-19-10-8-18(20-14)22-13-9-15-16(6-5-7-17(15)22)21-11-3-2-4-12-21;1-7-5-3-2-4-6-7/h5-10,13H,2-4,11-12H2,1H3;7H,2-6H2,1H3. The van der Waals surface area contributed by atoms with E-state index in [0.717, 1.165) is 30.6 Å². The zero-order valence-electron chi connectivity index (χ0n) is 18.0. The van der Waals surface area contributed by atoms with Crippen molar-refractivity contribution in [2.45, 2.75) is 65.2 Å². The first-order chi connectivity index (χ1) is 14.2. The summed E-state index contributed by atoms with van der Waals surface area (Å²) >= 11 is 0. The Balaban J connectivity index is 0.000000249. The summed E-state index contributed by atoms with van der Waals surface area (Å²) in [5.74, 6) is 2.76. The maximum Gasteiger partial charge on any atom is 0.140 e. The molecular weight excluding hydrogens is 356 g/mol. The lowest BCUT2D eigenvalue weighted by atomic mass is 9.91. The summed E-state index contributed by atoms with van der Waals surface area (Å²) in [6.45, 7) is 6.61. The molecule has 29 heavy (non-hydrogen) atoms. The van der Waals surface area contributed by atoms with Crippen molar-refractivity contribution in [2.24, 2.45) is 5.92 Å². The highest BCUT2D eigenvalue weighted by Gasteiger charge is 2.15. The number of aromatic nitrogens is 3. The van der Waals surface area contributed by atoms with E-state index in [9.17, 15) is 0 Å². The van der Waals surface area contributed by atoms with E-state index in [1.54, 1.807) is 0 Å². The summed E-state index contributed by atoms with van der Waals surface area (Å²) in [6.07, 6.45) is 15.3. The summed E-state index contributed by atoms with van der Waals surface area (Å²) in [6, 6.07) is 10.7. The molecule has 4 heteroatoms. The van der Waals surface area contributed by atoms with Crippen LogP contribution in [0.3, 0.4) is 0 Å². The zero-order chi connectivity index (χ0) is 20.1. The molecule has 0 atom stereocenters. The molecule has 0 bridgehead atoms. The van der Waals surface area contributed by atoms with Gasteiger partial charge in [-0.05, 0) is 56.4 Å². The van der Waals surface area contributed by atoms with Crippen LogP contribution in [0.25, 0.3) is 16.7 Å². The molecular formula is C25H34N4. The Morgan fingerprint density at radius 3 is 2.34 bits per heavy atom. The summed E-state index contributed by atoms with van der Waals surface area (Å²) in [5, 5.41) is 1.31. The quantitative estimate of drug-likeness (QED) is 0.514. The normalized spacial score (nSPS) is 17.8. The van der Waals surface area contributed by atoms with Gasteiger partial charge in [-0.2, -0.15) is 0 Å². The van der Waals surface area contributed by atoms with Crippen molar-refractivity contribution in [1.82, 2.24) is 14.5 Å². The Kier molecular flexibility index (Phi) is 6.48. The third-order valence-electron chi connectivity index (χ3n) is 6.31. The van der Waals surface area contributed by atoms with Gasteiger partial charge in [-0.25, -0.2) is 9.97 Å². The second-order valence-corrected chi connectivity index (χ2v) is 8.65. The van der Waals surface area contributed by atoms with E-state index in [4.69, 9.17) is 0 Å². The number of rotatable bonds is 2. The number of hydrogen-bond donors (Lipinski definition) is 0. The molecule has 3 aromatic rings. The number of piperidine rings is 1. The molecule has 2 aromatic heterocycles. The van der Waals surface area contributed by atoms with Crippen molar-refractivity contribution in [3.05, 3.63) is 48.5 Å². The molecule has 0 unspecified atom stereocenters. The lowest BCUT2D eigenvalue weighted by Crippen LogP contribution is -2.29. The Labute approximate surface area is 175 Å². The van der Waals surface area contributed by atoms with Crippen LogP contribution >= 0.6 is 0 Å². The smallest absolute Gasteiger partial charge is 0.140 e. The van der Waals surface area contributed by atoms with Crippen LogP contribution in [0, 0.1) is 12.8 Å². The third-order valence-corrected chi connectivity index (χ3v) is 6.31. The topological polar surface area (TPSA) is 34.0 Å². The van der Waals surface area contributed by atoms with Crippen LogP contribution in [0.15, 0.2) is 42.7 Å². The van der Waals surface area contributed by atoms with Crippen LogP contribution in [0.2, 0.25) is 0 Å². The van der Waals surface area contributed by atoms with Crippen LogP contribution in [0.1, 0.15) is 64.1 Å². The first kappa shape index (κ1) is 19.9. The fourth-order valence-corrected chi connectivity index (χ4v) is 4.65. The predicted molar refractivity (Wildman–Crippen MR) is 122 cm³/mol. The number of benzene rings is 1. The van der Waals surface area contributed by atoms with Crippen LogP contribution in [0.4, 0.5) is 5.69 Å². The Hall–Kier alpha value is -2.36. The highest BCUT2D eigenvalue weighted by molar-refractivity contribution is 5.93. The zero-order valence-corrected chi connectivity index (χ0v) is 18.0. The summed E-state index contributed by atoms with van der Waals surface area (Å²) in [4.78, 5) is 11.2. The van der Waals surface area contributed by atoms with Gasteiger partial charge in [0.2, 0.25) is 0 Å². The molecule has 1 aliphatic heterocycles. The van der Waals surface area contributed by atoms with Gasteiger partial charge in [0.25, 0.3) is 0 Å². The predicted octanol–water partition coefficient (Wildman–Crippen LogP) is 6.31. The maximum absolute atomic E-state index is 4.55. The van der Waals surface area contributed by atoms with Crippen molar-refractivity contribution in [3.8, 4) is 5.82 Å². The molecule has 2 fully saturated rings. The van der Waals surface area contributed by atoms with Crippen LogP contribution in [-0.4, -0.2) is 27.6 Å². The average Bonchev–Trinajstić information content (AvgIpc) is 3.20. The molecule has 0 N–H and O–H groups in total. The molecule has 1 aliphatic carbocycles. The first-order valence-corrected chi connectivity index (χ1v) is 11.4. The van der Waals surface area contributed by atoms with Gasteiger partial charge in [0.05, 0.1) is 5.52 Å². The highest BCUT2D eigenvalue weighted by Crippen LogP contribution is 2.31. The van der Waals surface area contributed by atoms with Crippen molar-refractivity contribution in [2.75, 3.05) is 18.0 Å². The summed E-state index contributed by atoms with van der Waals surface area (Å²) in [7, 11) is 0. The SMILES string of the molecule is CC1CCCCC1.Cc1nccc(-n2ccc3c(N4CCCCC4)cccc32)n1. The minimum Gasteiger partial charge on any atom is -0.371 e. The van der Waals surface area contributed by atoms with E-state index >= 15 is 0 Å². The monoisotopic (exact) mass is 390 g/mol. The van der Waals surface area contributed by atoms with Crippen molar-refractivity contribution >= 4 is 16.6 Å². The molecule has 0 spiro atoms. The molecule has 2 aliphatic rings. The average molecular weight is 391 g/mol. The Morgan fingerprint density at radius 2 is 1.66 bits per heavy atom. The van der Waals surface area contributed by atoms with Gasteiger partial charge in [-0.15, -0.1) is 0 Å². The maximum atomic E-state index is 4.55. The lowest BCUT2D eigenvalue weighted by Gasteiger charge is -2.29. The third kappa shape index (κ3) is 4.80. The fourth-order valence-electron chi connectivity index (χ4n) is 4.65. The summed E-state index contributed by atoms with van der Waals surface area (Å²) in [5.41, 5.74) is 2.56. The van der Waals surface area contributed by atoms with Crippen LogP contribution in [0.5, 0.6) is 0 Å². The minimum atomic E-state index is 0.798. The van der Waals surface area contributed by atoms with Crippen molar-refractivity contribution < 1.29 is 0 Å². The second kappa shape index (κ2) is 9.43. The largest absolute Gasteiger partial charge is 0.371 e. The Bertz CT molecular complexity index is 917. The van der Waals surface area contributed by atoms with E-state index < -0.39 is 0 Å². The van der Waals surface area contributed by atoms with Gasteiger partial charge in [-0.3, -0.25) is 0 Å². The number of nitrogens with zero attached hydrogens (tertiary/aromatic N) is 4. The van der Waals surface area contributed by atoms with Gasteiger partial charge in [0, 0.05) is 36.6 Å². The minimum absolute atomic E-state index is 0.798. The molecule has 1 aromatic carbocycles. The van der Waals surface area contributed by atoms with Crippen molar-refractivity contribution in [3.63, 3.8) is 0 Å². The Morgan fingerprint density at radius 1 is 0.897 bits per heavy atom. The van der Waals surface area contributed by atoms with Gasteiger partial charge in [0.1, 0.15) is 11.6 Å². The summed E-state index contributed by atoms with van der Waals surface area (Å²) < 4.78 is 2.15. The van der Waals surface area contributed by atoms with E-state index in [-0.39, 0.29) is 0 Å². The molecule has 0 radical (unpaired) electrons. The van der Waals surface area contributed by atoms with E-state index in [2.05, 4.69) is 56.8 Å². The number of hydrogen-bond acceptors (Lipinski definition) is 3. The number of fused-ring (bicyclic) bond motifs is 1. The first-order valence-electron chi connectivity index (χ1n) is 11.4. The molecule has 0 amide bonds. The van der Waals surface area contributed by atoms with Crippen molar-refractivity contribution in [1.29, 1.82) is 0 Å². The van der Waals surface area contributed by atoms with Gasteiger partial charge in [0.15, 0.2) is 0 Å². The lowest BCUT2D eigenvalue weighted by molar-refractivity contribution is 0.385. The van der Waals surface area contributed by atoms with Gasteiger partial charge >= 0.3 is 0 Å². The molecule has 154 valence electrons. The van der Waals surface area contributed by atoms with Gasteiger partial charge < -0.3 is 9.47 Å². The molecule has 1 saturated heterocycles. The molecule has 1 saturated carbocycles. The van der Waals surface area contributed by atoms with Gasteiger partial charge in [-0.1, -0.05) is 45.1 Å². The number of aryl methyl sites for hydroxylation is 1. The molecule has 3 heterocycles. The molecule has 5 rings (SSSR count). The van der Waals surface area contributed by atoms with Crippen LogP contribution < -0.4 is 4.90 Å². The van der Waals surface area contributed by atoms with E-state index in [1.165, 1.54) is 68.0 Å².